The second-order valence-electron chi connectivity index (χ2n) is 9.03. The van der Waals surface area contributed by atoms with Crippen LogP contribution in [0.1, 0.15) is 11.1 Å². The van der Waals surface area contributed by atoms with Gasteiger partial charge >= 0.3 is 6.03 Å². The molecule has 2 amide bonds. The van der Waals surface area contributed by atoms with E-state index in [-0.39, 0.29) is 6.03 Å². The number of nitrogens with zero attached hydrogens (tertiary/aromatic N) is 3. The van der Waals surface area contributed by atoms with Gasteiger partial charge in [-0.25, -0.2) is 14.8 Å². The number of ether oxygens (including phenoxy) is 1. The van der Waals surface area contributed by atoms with Gasteiger partial charge in [-0.1, -0.05) is 42.5 Å². The SMILES string of the molecule is Cc1c(-c2ccccc2)oc2ncnc(NCCc3ccc(NC(=O)NCCN4CCOCC4)cc3)c12. The Morgan fingerprint density at radius 3 is 2.57 bits per heavy atom. The number of aromatic nitrogens is 2. The van der Waals surface area contributed by atoms with Crippen LogP contribution < -0.4 is 16.0 Å². The first-order chi connectivity index (χ1) is 18.2. The third kappa shape index (κ3) is 6.25. The number of hydrogen-bond acceptors (Lipinski definition) is 7. The van der Waals surface area contributed by atoms with Crippen LogP contribution in [0.4, 0.5) is 16.3 Å². The van der Waals surface area contributed by atoms with E-state index in [1.54, 1.807) is 0 Å². The Balaban J connectivity index is 1.12. The monoisotopic (exact) mass is 500 g/mol. The van der Waals surface area contributed by atoms with E-state index in [0.29, 0.717) is 18.8 Å². The lowest BCUT2D eigenvalue weighted by atomic mass is 10.1. The first kappa shape index (κ1) is 24.7. The topological polar surface area (TPSA) is 105 Å². The molecule has 3 N–H and O–H groups in total. The van der Waals surface area contributed by atoms with Crippen molar-refractivity contribution in [1.29, 1.82) is 0 Å². The minimum atomic E-state index is -0.194. The Labute approximate surface area is 216 Å². The van der Waals surface area contributed by atoms with Gasteiger partial charge in [-0.3, -0.25) is 4.90 Å². The number of carbonyl (C=O) groups is 1. The Kier molecular flexibility index (Phi) is 7.93. The summed E-state index contributed by atoms with van der Waals surface area (Å²) < 4.78 is 11.4. The fourth-order valence-corrected chi connectivity index (χ4v) is 4.48. The molecule has 0 bridgehead atoms. The highest BCUT2D eigenvalue weighted by Gasteiger charge is 2.17. The van der Waals surface area contributed by atoms with Crippen LogP contribution in [0.2, 0.25) is 0 Å². The van der Waals surface area contributed by atoms with Gasteiger partial charge in [-0.05, 0) is 31.0 Å². The fourth-order valence-electron chi connectivity index (χ4n) is 4.48. The van der Waals surface area contributed by atoms with E-state index in [4.69, 9.17) is 9.15 Å². The van der Waals surface area contributed by atoms with Crippen LogP contribution in [0, 0.1) is 6.92 Å². The van der Waals surface area contributed by atoms with Crippen molar-refractivity contribution >= 4 is 28.6 Å². The molecule has 9 nitrogen and oxygen atoms in total. The molecule has 0 atom stereocenters. The smallest absolute Gasteiger partial charge is 0.319 e. The number of morpholine rings is 1. The van der Waals surface area contributed by atoms with E-state index >= 15 is 0 Å². The van der Waals surface area contributed by atoms with Gasteiger partial charge in [0.05, 0.1) is 18.6 Å². The third-order valence-electron chi connectivity index (χ3n) is 6.50. The van der Waals surface area contributed by atoms with E-state index in [0.717, 1.165) is 78.6 Å². The number of carbonyl (C=O) groups excluding carboxylic acids is 1. The number of fused-ring (bicyclic) bond motifs is 1. The number of rotatable bonds is 9. The number of aryl methyl sites for hydroxylation is 1. The van der Waals surface area contributed by atoms with Crippen LogP contribution in [-0.2, 0) is 11.2 Å². The maximum Gasteiger partial charge on any atom is 0.319 e. The molecule has 1 fully saturated rings. The van der Waals surface area contributed by atoms with E-state index < -0.39 is 0 Å². The first-order valence-corrected chi connectivity index (χ1v) is 12.6. The first-order valence-electron chi connectivity index (χ1n) is 12.6. The average molecular weight is 501 g/mol. The highest BCUT2D eigenvalue weighted by atomic mass is 16.5. The summed E-state index contributed by atoms with van der Waals surface area (Å²) in [5.74, 6) is 1.58. The van der Waals surface area contributed by atoms with E-state index in [1.165, 1.54) is 6.33 Å². The summed E-state index contributed by atoms with van der Waals surface area (Å²) in [6.07, 6.45) is 2.33. The van der Waals surface area contributed by atoms with E-state index in [2.05, 4.69) is 30.8 Å². The van der Waals surface area contributed by atoms with Crippen molar-refractivity contribution in [2.24, 2.45) is 0 Å². The van der Waals surface area contributed by atoms with E-state index in [1.807, 2.05) is 61.5 Å². The predicted octanol–water partition coefficient (Wildman–Crippen LogP) is 4.31. The molecule has 2 aromatic carbocycles. The zero-order chi connectivity index (χ0) is 25.5. The second kappa shape index (κ2) is 11.9. The molecule has 192 valence electrons. The molecule has 0 saturated carbocycles. The Morgan fingerprint density at radius 1 is 1.00 bits per heavy atom. The molecule has 2 aromatic heterocycles. The molecule has 0 radical (unpaired) electrons. The maximum absolute atomic E-state index is 12.2. The predicted molar refractivity (Wildman–Crippen MR) is 145 cm³/mol. The number of benzene rings is 2. The lowest BCUT2D eigenvalue weighted by molar-refractivity contribution is 0.0388. The largest absolute Gasteiger partial charge is 0.437 e. The molecule has 1 aliphatic rings. The van der Waals surface area contributed by atoms with Gasteiger partial charge in [-0.15, -0.1) is 0 Å². The molecule has 3 heterocycles. The lowest BCUT2D eigenvalue weighted by Crippen LogP contribution is -2.42. The van der Waals surface area contributed by atoms with Gasteiger partial charge in [0.1, 0.15) is 17.9 Å². The number of anilines is 2. The molecule has 0 spiro atoms. The lowest BCUT2D eigenvalue weighted by Gasteiger charge is -2.26. The molecule has 1 saturated heterocycles. The summed E-state index contributed by atoms with van der Waals surface area (Å²) in [6, 6.07) is 17.7. The summed E-state index contributed by atoms with van der Waals surface area (Å²) in [6.45, 7) is 7.52. The summed E-state index contributed by atoms with van der Waals surface area (Å²) in [7, 11) is 0. The van der Waals surface area contributed by atoms with Crippen LogP contribution in [0.25, 0.3) is 22.4 Å². The molecule has 5 rings (SSSR count). The highest BCUT2D eigenvalue weighted by Crippen LogP contribution is 2.34. The molecule has 4 aromatic rings. The van der Waals surface area contributed by atoms with Crippen molar-refractivity contribution in [3.05, 3.63) is 72.1 Å². The summed E-state index contributed by atoms with van der Waals surface area (Å²) >= 11 is 0. The van der Waals surface area contributed by atoms with Gasteiger partial charge in [0.15, 0.2) is 0 Å². The van der Waals surface area contributed by atoms with Gasteiger partial charge in [0.2, 0.25) is 5.71 Å². The Hall–Kier alpha value is -3.95. The average Bonchev–Trinajstić information content (AvgIpc) is 3.28. The third-order valence-corrected chi connectivity index (χ3v) is 6.50. The zero-order valence-electron chi connectivity index (χ0n) is 21.0. The molecular weight excluding hydrogens is 468 g/mol. The summed E-state index contributed by atoms with van der Waals surface area (Å²) in [5, 5.41) is 10.1. The van der Waals surface area contributed by atoms with Gasteiger partial charge < -0.3 is 25.1 Å². The van der Waals surface area contributed by atoms with Crippen molar-refractivity contribution < 1.29 is 13.9 Å². The molecule has 9 heteroatoms. The number of amides is 2. The normalized spacial score (nSPS) is 14.0. The second-order valence-corrected chi connectivity index (χ2v) is 9.03. The van der Waals surface area contributed by atoms with Gasteiger partial charge in [0, 0.05) is 49.5 Å². The van der Waals surface area contributed by atoms with Crippen LogP contribution >= 0.6 is 0 Å². The van der Waals surface area contributed by atoms with Crippen LogP contribution in [-0.4, -0.2) is 66.8 Å². The number of nitrogens with one attached hydrogen (secondary N) is 3. The van der Waals surface area contributed by atoms with Crippen molar-refractivity contribution in [3.63, 3.8) is 0 Å². The highest BCUT2D eigenvalue weighted by molar-refractivity contribution is 5.93. The van der Waals surface area contributed by atoms with Gasteiger partial charge in [-0.2, -0.15) is 0 Å². The van der Waals surface area contributed by atoms with Crippen LogP contribution in [0.3, 0.4) is 0 Å². The van der Waals surface area contributed by atoms with Crippen LogP contribution in [0.15, 0.2) is 65.3 Å². The summed E-state index contributed by atoms with van der Waals surface area (Å²) in [4.78, 5) is 23.3. The van der Waals surface area contributed by atoms with Crippen molar-refractivity contribution in [3.8, 4) is 11.3 Å². The molecule has 37 heavy (non-hydrogen) atoms. The minimum absolute atomic E-state index is 0.194. The molecule has 0 unspecified atom stereocenters. The van der Waals surface area contributed by atoms with Gasteiger partial charge in [0.25, 0.3) is 0 Å². The Morgan fingerprint density at radius 2 is 1.78 bits per heavy atom. The van der Waals surface area contributed by atoms with Crippen molar-refractivity contribution in [1.82, 2.24) is 20.2 Å². The van der Waals surface area contributed by atoms with Crippen LogP contribution in [0.5, 0.6) is 0 Å². The quantitative estimate of drug-likeness (QED) is 0.315. The summed E-state index contributed by atoms with van der Waals surface area (Å²) in [5.41, 5.74) is 4.53. The molecule has 1 aliphatic heterocycles. The molecule has 0 aliphatic carbocycles. The minimum Gasteiger partial charge on any atom is -0.437 e. The van der Waals surface area contributed by atoms with E-state index in [9.17, 15) is 4.79 Å². The fraction of sp³-hybridized carbons (Fsp3) is 0.321. The maximum atomic E-state index is 12.2. The van der Waals surface area contributed by atoms with Crippen molar-refractivity contribution in [2.75, 3.05) is 56.6 Å². The zero-order valence-corrected chi connectivity index (χ0v) is 21.0. The van der Waals surface area contributed by atoms with Crippen molar-refractivity contribution in [2.45, 2.75) is 13.3 Å². The number of hydrogen-bond donors (Lipinski definition) is 3. The molecular formula is C28H32N6O3. The number of urea groups is 1. The Bertz CT molecular complexity index is 1320. The number of furan rings is 1. The standard InChI is InChI=1S/C28H32N6O3/c1-20-24-26(31-19-32-27(24)37-25(20)22-5-3-2-4-6-22)29-12-11-21-7-9-23(10-8-21)33-28(35)30-13-14-34-15-17-36-18-16-34/h2-10,19H,11-18H2,1H3,(H,29,31,32)(H2,30,33,35).